The van der Waals surface area contributed by atoms with E-state index in [1.807, 2.05) is 30.3 Å². The average molecular weight is 386 g/mol. The quantitative estimate of drug-likeness (QED) is 0.762. The van der Waals surface area contributed by atoms with E-state index in [4.69, 9.17) is 19.0 Å². The molecule has 9 nitrogen and oxygen atoms in total. The number of hydroxylamine groups is 1. The maximum Gasteiger partial charge on any atom is 0.337 e. The topological polar surface area (TPSA) is 95.0 Å². The molecule has 1 aromatic heterocycles. The summed E-state index contributed by atoms with van der Waals surface area (Å²) in [6.45, 7) is 1.15. The molecule has 0 aliphatic carbocycles. The van der Waals surface area contributed by atoms with Crippen molar-refractivity contribution in [3.63, 3.8) is 0 Å². The number of benzene rings is 1. The van der Waals surface area contributed by atoms with Crippen molar-refractivity contribution in [3.05, 3.63) is 41.5 Å². The third kappa shape index (κ3) is 3.12. The van der Waals surface area contributed by atoms with Crippen LogP contribution in [-0.2, 0) is 20.9 Å². The highest BCUT2D eigenvalue weighted by molar-refractivity contribution is 5.76. The predicted octanol–water partition coefficient (Wildman–Crippen LogP) is 1.25. The Labute approximate surface area is 162 Å². The molecule has 4 rings (SSSR count). The summed E-state index contributed by atoms with van der Waals surface area (Å²) in [4.78, 5) is 28.8. The lowest BCUT2D eigenvalue weighted by Gasteiger charge is -2.37. The van der Waals surface area contributed by atoms with E-state index in [1.54, 1.807) is 7.11 Å². The monoisotopic (exact) mass is 386 g/mol. The van der Waals surface area contributed by atoms with E-state index in [-0.39, 0.29) is 18.0 Å². The molecule has 3 atom stereocenters. The molecule has 2 aromatic rings. The van der Waals surface area contributed by atoms with E-state index < -0.39 is 12.1 Å². The Bertz CT molecular complexity index is 863. The smallest absolute Gasteiger partial charge is 0.337 e. The minimum absolute atomic E-state index is 0.186. The van der Waals surface area contributed by atoms with Crippen molar-refractivity contribution in [2.45, 2.75) is 18.7 Å². The van der Waals surface area contributed by atoms with Gasteiger partial charge in [0.15, 0.2) is 6.10 Å². The molecule has 0 unspecified atom stereocenters. The van der Waals surface area contributed by atoms with Crippen molar-refractivity contribution in [1.29, 1.82) is 0 Å². The SMILES string of the molecule is COC(=O)[C@@H]1ON[C@H]2c3c(OC)nc(OC)nc3N(Cc3ccccc3)C[C@@H]12. The van der Waals surface area contributed by atoms with E-state index in [2.05, 4.69) is 20.3 Å². The number of aromatic nitrogens is 2. The van der Waals surface area contributed by atoms with Crippen molar-refractivity contribution in [1.82, 2.24) is 15.4 Å². The van der Waals surface area contributed by atoms with E-state index in [0.717, 1.165) is 11.1 Å². The largest absolute Gasteiger partial charge is 0.481 e. The Morgan fingerprint density at radius 2 is 2.00 bits per heavy atom. The number of carbonyl (C=O) groups is 1. The second-order valence-corrected chi connectivity index (χ2v) is 6.64. The van der Waals surface area contributed by atoms with E-state index in [9.17, 15) is 4.79 Å². The second-order valence-electron chi connectivity index (χ2n) is 6.64. The summed E-state index contributed by atoms with van der Waals surface area (Å²) in [5.74, 6) is 0.470. The molecule has 0 bridgehead atoms. The van der Waals surface area contributed by atoms with Gasteiger partial charge in [0.05, 0.1) is 32.9 Å². The molecule has 0 amide bonds. The number of nitrogens with zero attached hydrogens (tertiary/aromatic N) is 3. The first kappa shape index (κ1) is 18.5. The Morgan fingerprint density at radius 3 is 2.68 bits per heavy atom. The van der Waals surface area contributed by atoms with Gasteiger partial charge in [-0.2, -0.15) is 15.4 Å². The molecule has 148 valence electrons. The number of esters is 1. The molecule has 3 heterocycles. The van der Waals surface area contributed by atoms with Gasteiger partial charge in [-0.3, -0.25) is 4.84 Å². The van der Waals surface area contributed by atoms with Crippen molar-refractivity contribution >= 4 is 11.8 Å². The molecule has 1 aromatic carbocycles. The summed E-state index contributed by atoms with van der Waals surface area (Å²) in [7, 11) is 4.41. The first-order valence-electron chi connectivity index (χ1n) is 8.94. The summed E-state index contributed by atoms with van der Waals surface area (Å²) >= 11 is 0. The van der Waals surface area contributed by atoms with Gasteiger partial charge in [-0.1, -0.05) is 30.3 Å². The molecular formula is C19H22N4O5. The molecule has 0 saturated carbocycles. The highest BCUT2D eigenvalue weighted by Crippen LogP contribution is 2.46. The van der Waals surface area contributed by atoms with Gasteiger partial charge in [-0.15, -0.1) is 0 Å². The number of methoxy groups -OCH3 is 3. The third-order valence-corrected chi connectivity index (χ3v) is 5.08. The van der Waals surface area contributed by atoms with Crippen molar-refractivity contribution < 1.29 is 23.8 Å². The second kappa shape index (κ2) is 7.61. The highest BCUT2D eigenvalue weighted by atomic mass is 16.7. The Morgan fingerprint density at radius 1 is 1.21 bits per heavy atom. The molecule has 28 heavy (non-hydrogen) atoms. The van der Waals surface area contributed by atoms with Crippen LogP contribution < -0.4 is 19.9 Å². The van der Waals surface area contributed by atoms with Gasteiger partial charge in [-0.25, -0.2) is 4.79 Å². The number of fused-ring (bicyclic) bond motifs is 3. The lowest BCUT2D eigenvalue weighted by atomic mass is 9.86. The Balaban J connectivity index is 1.79. The van der Waals surface area contributed by atoms with Gasteiger partial charge in [0.25, 0.3) is 0 Å². The lowest BCUT2D eigenvalue weighted by Crippen LogP contribution is -2.43. The highest BCUT2D eigenvalue weighted by Gasteiger charge is 2.50. The third-order valence-electron chi connectivity index (χ3n) is 5.08. The maximum atomic E-state index is 12.2. The number of anilines is 1. The van der Waals surface area contributed by atoms with Crippen LogP contribution in [0.15, 0.2) is 30.3 Å². The number of hydrogen-bond acceptors (Lipinski definition) is 9. The molecule has 2 aliphatic rings. The molecule has 1 fully saturated rings. The van der Waals surface area contributed by atoms with E-state index >= 15 is 0 Å². The summed E-state index contributed by atoms with van der Waals surface area (Å²) in [6, 6.07) is 9.96. The zero-order valence-electron chi connectivity index (χ0n) is 15.9. The van der Waals surface area contributed by atoms with Crippen LogP contribution in [0.4, 0.5) is 5.82 Å². The van der Waals surface area contributed by atoms with Gasteiger partial charge in [0.1, 0.15) is 5.82 Å². The van der Waals surface area contributed by atoms with Gasteiger partial charge in [0, 0.05) is 19.0 Å². The lowest BCUT2D eigenvalue weighted by molar-refractivity contribution is -0.155. The van der Waals surface area contributed by atoms with Crippen LogP contribution in [0.3, 0.4) is 0 Å². The number of rotatable bonds is 5. The van der Waals surface area contributed by atoms with Crippen molar-refractivity contribution in [3.8, 4) is 11.9 Å². The van der Waals surface area contributed by atoms with Crippen LogP contribution in [0, 0.1) is 5.92 Å². The summed E-state index contributed by atoms with van der Waals surface area (Å²) in [6.07, 6.45) is -0.728. The van der Waals surface area contributed by atoms with Crippen LogP contribution >= 0.6 is 0 Å². The fourth-order valence-corrected chi connectivity index (χ4v) is 3.77. The number of carbonyl (C=O) groups excluding carboxylic acids is 1. The van der Waals surface area contributed by atoms with E-state index in [1.165, 1.54) is 14.2 Å². The van der Waals surface area contributed by atoms with Crippen LogP contribution in [0.2, 0.25) is 0 Å². The van der Waals surface area contributed by atoms with Crippen LogP contribution in [0.5, 0.6) is 11.9 Å². The molecule has 9 heteroatoms. The summed E-state index contributed by atoms with van der Waals surface area (Å²) in [5.41, 5.74) is 4.80. The molecule has 0 radical (unpaired) electrons. The van der Waals surface area contributed by atoms with Crippen molar-refractivity contribution in [2.75, 3.05) is 32.8 Å². The Hall–Kier alpha value is -2.91. The number of ether oxygens (including phenoxy) is 3. The summed E-state index contributed by atoms with van der Waals surface area (Å²) < 4.78 is 15.7. The molecule has 1 saturated heterocycles. The van der Waals surface area contributed by atoms with Crippen LogP contribution in [0.25, 0.3) is 0 Å². The first-order valence-corrected chi connectivity index (χ1v) is 8.94. The minimum Gasteiger partial charge on any atom is -0.481 e. The van der Waals surface area contributed by atoms with Crippen LogP contribution in [-0.4, -0.2) is 49.9 Å². The van der Waals surface area contributed by atoms with Crippen molar-refractivity contribution in [2.24, 2.45) is 5.92 Å². The van der Waals surface area contributed by atoms with Gasteiger partial charge >= 0.3 is 12.0 Å². The average Bonchev–Trinajstić information content (AvgIpc) is 3.16. The van der Waals surface area contributed by atoms with Gasteiger partial charge in [-0.05, 0) is 5.56 Å². The fourth-order valence-electron chi connectivity index (χ4n) is 3.77. The minimum atomic E-state index is -0.728. The van der Waals surface area contributed by atoms with Gasteiger partial charge < -0.3 is 19.1 Å². The van der Waals surface area contributed by atoms with Gasteiger partial charge in [0.2, 0.25) is 5.88 Å². The predicted molar refractivity (Wildman–Crippen MR) is 98.9 cm³/mol. The molecular weight excluding hydrogens is 364 g/mol. The fraction of sp³-hybridized carbons (Fsp3) is 0.421. The normalized spacial score (nSPS) is 23.0. The summed E-state index contributed by atoms with van der Waals surface area (Å²) in [5, 5.41) is 0. The molecule has 2 aliphatic heterocycles. The number of nitrogens with one attached hydrogen (secondary N) is 1. The van der Waals surface area contributed by atoms with E-state index in [0.29, 0.717) is 24.8 Å². The first-order chi connectivity index (χ1) is 13.7. The number of hydrogen-bond donors (Lipinski definition) is 1. The van der Waals surface area contributed by atoms with Crippen LogP contribution in [0.1, 0.15) is 17.2 Å². The standard InChI is InChI=1S/C19H22N4O5/c1-25-17-13-14-12(15(28-22-14)18(24)26-2)10-23(9-11-7-5-4-6-8-11)16(13)20-19(21-17)27-3/h4-8,12,14-15,22H,9-10H2,1-3H3/t12-,14-,15-/m1/s1. The Kier molecular flexibility index (Phi) is 5.01. The maximum absolute atomic E-state index is 12.2. The molecule has 1 N–H and O–H groups in total. The molecule has 0 spiro atoms. The zero-order valence-corrected chi connectivity index (χ0v) is 15.9. The zero-order chi connectivity index (χ0) is 19.7.